The second-order valence-electron chi connectivity index (χ2n) is 4.02. The summed E-state index contributed by atoms with van der Waals surface area (Å²) < 4.78 is 5.22. The van der Waals surface area contributed by atoms with Crippen LogP contribution in [0.2, 0.25) is 0 Å². The topological polar surface area (TPSA) is 51.4 Å². The molecule has 0 saturated heterocycles. The molecule has 0 spiro atoms. The van der Waals surface area contributed by atoms with Crippen molar-refractivity contribution in [2.75, 3.05) is 19.1 Å². The van der Waals surface area contributed by atoms with Gasteiger partial charge in [-0.05, 0) is 24.3 Å². The monoisotopic (exact) mass is 273 g/mol. The molecule has 4 nitrogen and oxygen atoms in total. The number of rotatable bonds is 4. The number of benzene rings is 1. The van der Waals surface area contributed by atoms with E-state index in [9.17, 15) is 0 Å². The Morgan fingerprint density at radius 3 is 2.68 bits per heavy atom. The van der Waals surface area contributed by atoms with E-state index >= 15 is 0 Å². The van der Waals surface area contributed by atoms with E-state index in [4.69, 9.17) is 22.7 Å². The minimum Gasteiger partial charge on any atom is -0.497 e. The van der Waals surface area contributed by atoms with Gasteiger partial charge in [-0.25, -0.2) is 0 Å². The summed E-state index contributed by atoms with van der Waals surface area (Å²) in [5.41, 5.74) is 8.19. The van der Waals surface area contributed by atoms with E-state index < -0.39 is 0 Å². The van der Waals surface area contributed by atoms with Crippen LogP contribution in [0, 0.1) is 0 Å². The lowest BCUT2D eigenvalue weighted by atomic mass is 10.2. The molecule has 1 heterocycles. The molecule has 2 N–H and O–H groups in total. The number of hydrogen-bond donors (Lipinski definition) is 1. The van der Waals surface area contributed by atoms with Crippen molar-refractivity contribution in [3.8, 4) is 5.75 Å². The molecule has 0 unspecified atom stereocenters. The lowest BCUT2D eigenvalue weighted by Gasteiger charge is -2.20. The Morgan fingerprint density at radius 1 is 1.26 bits per heavy atom. The minimum absolute atomic E-state index is 0.292. The molecule has 0 aliphatic heterocycles. The first-order valence-electron chi connectivity index (χ1n) is 5.75. The van der Waals surface area contributed by atoms with E-state index in [1.807, 2.05) is 48.3 Å². The van der Waals surface area contributed by atoms with Crippen LogP contribution in [-0.2, 0) is 0 Å². The van der Waals surface area contributed by atoms with Crippen molar-refractivity contribution in [2.45, 2.75) is 0 Å². The zero-order valence-corrected chi connectivity index (χ0v) is 11.6. The van der Waals surface area contributed by atoms with Gasteiger partial charge in [0, 0.05) is 30.7 Å². The van der Waals surface area contributed by atoms with Gasteiger partial charge < -0.3 is 15.4 Å². The Morgan fingerprint density at radius 2 is 2.00 bits per heavy atom. The summed E-state index contributed by atoms with van der Waals surface area (Å²) in [6, 6.07) is 11.6. The Kier molecular flexibility index (Phi) is 3.97. The predicted molar refractivity (Wildman–Crippen MR) is 81.2 cm³/mol. The number of ether oxygens (including phenoxy) is 1. The van der Waals surface area contributed by atoms with Gasteiger partial charge in [-0.3, -0.25) is 4.98 Å². The average Bonchev–Trinajstić information content (AvgIpc) is 2.46. The third-order valence-corrected chi connectivity index (χ3v) is 3.03. The fourth-order valence-corrected chi connectivity index (χ4v) is 1.84. The molecule has 0 amide bonds. The Labute approximate surface area is 117 Å². The highest BCUT2D eigenvalue weighted by Crippen LogP contribution is 2.26. The van der Waals surface area contributed by atoms with E-state index in [0.29, 0.717) is 10.7 Å². The third kappa shape index (κ3) is 3.00. The smallest absolute Gasteiger partial charge is 0.122 e. The van der Waals surface area contributed by atoms with Gasteiger partial charge in [0.2, 0.25) is 0 Å². The lowest BCUT2D eigenvalue weighted by molar-refractivity contribution is 0.415. The number of thiocarbonyl (C=S) groups is 1. The summed E-state index contributed by atoms with van der Waals surface area (Å²) in [6.45, 7) is 0. The molecule has 98 valence electrons. The van der Waals surface area contributed by atoms with Gasteiger partial charge in [-0.2, -0.15) is 0 Å². The first-order chi connectivity index (χ1) is 9.11. The molecular weight excluding hydrogens is 258 g/mol. The van der Waals surface area contributed by atoms with E-state index in [2.05, 4.69) is 4.98 Å². The molecular formula is C14H15N3OS. The van der Waals surface area contributed by atoms with Crippen molar-refractivity contribution in [1.29, 1.82) is 0 Å². The molecule has 0 aliphatic carbocycles. The number of pyridine rings is 1. The van der Waals surface area contributed by atoms with Crippen LogP contribution in [0.25, 0.3) is 0 Å². The normalized spacial score (nSPS) is 10.0. The molecule has 0 saturated carbocycles. The average molecular weight is 273 g/mol. The molecule has 5 heteroatoms. The van der Waals surface area contributed by atoms with Gasteiger partial charge in [0.15, 0.2) is 0 Å². The first-order valence-corrected chi connectivity index (χ1v) is 6.16. The minimum atomic E-state index is 0.292. The number of anilines is 2. The van der Waals surface area contributed by atoms with Crippen LogP contribution in [0.15, 0.2) is 42.6 Å². The zero-order valence-electron chi connectivity index (χ0n) is 10.8. The van der Waals surface area contributed by atoms with Crippen molar-refractivity contribution >= 4 is 28.6 Å². The maximum absolute atomic E-state index is 5.60. The van der Waals surface area contributed by atoms with Crippen LogP contribution in [0.4, 0.5) is 11.4 Å². The largest absolute Gasteiger partial charge is 0.497 e. The van der Waals surface area contributed by atoms with Crippen LogP contribution < -0.4 is 15.4 Å². The van der Waals surface area contributed by atoms with Crippen LogP contribution in [-0.4, -0.2) is 24.1 Å². The quantitative estimate of drug-likeness (QED) is 0.867. The predicted octanol–water partition coefficient (Wildman–Crippen LogP) is 2.49. The van der Waals surface area contributed by atoms with Crippen molar-refractivity contribution in [3.63, 3.8) is 0 Å². The highest BCUT2D eigenvalue weighted by Gasteiger charge is 2.07. The zero-order chi connectivity index (χ0) is 13.8. The molecule has 1 aromatic heterocycles. The van der Waals surface area contributed by atoms with E-state index in [-0.39, 0.29) is 0 Å². The van der Waals surface area contributed by atoms with Crippen molar-refractivity contribution in [1.82, 2.24) is 4.98 Å². The molecule has 19 heavy (non-hydrogen) atoms. The highest BCUT2D eigenvalue weighted by atomic mass is 32.1. The SMILES string of the molecule is COc1cccc(N(C)c2ccnc(C(N)=S)c2)c1. The highest BCUT2D eigenvalue weighted by molar-refractivity contribution is 7.80. The standard InChI is InChI=1S/C14H15N3OS/c1-17(10-4-3-5-12(8-10)18-2)11-6-7-16-13(9-11)14(15)19/h3-9H,1-2H3,(H2,15,19). The number of nitrogens with zero attached hydrogens (tertiary/aromatic N) is 2. The summed E-state index contributed by atoms with van der Waals surface area (Å²) in [4.78, 5) is 6.44. The second kappa shape index (κ2) is 5.67. The van der Waals surface area contributed by atoms with E-state index in [0.717, 1.165) is 17.1 Å². The molecule has 0 atom stereocenters. The van der Waals surface area contributed by atoms with Crippen molar-refractivity contribution in [2.24, 2.45) is 5.73 Å². The van der Waals surface area contributed by atoms with E-state index in [1.165, 1.54) is 0 Å². The maximum Gasteiger partial charge on any atom is 0.122 e. The Bertz CT molecular complexity index is 601. The van der Waals surface area contributed by atoms with Crippen molar-refractivity contribution in [3.05, 3.63) is 48.3 Å². The molecule has 0 radical (unpaired) electrons. The Balaban J connectivity index is 2.35. The van der Waals surface area contributed by atoms with Crippen molar-refractivity contribution < 1.29 is 4.74 Å². The Hall–Kier alpha value is -2.14. The molecule has 0 fully saturated rings. The fraction of sp³-hybridized carbons (Fsp3) is 0.143. The van der Waals surface area contributed by atoms with Crippen LogP contribution in [0.1, 0.15) is 5.69 Å². The number of aromatic nitrogens is 1. The fourth-order valence-electron chi connectivity index (χ4n) is 1.73. The summed E-state index contributed by atoms with van der Waals surface area (Å²) in [7, 11) is 3.62. The summed E-state index contributed by atoms with van der Waals surface area (Å²) in [5, 5.41) is 0. The van der Waals surface area contributed by atoms with Crippen LogP contribution in [0.3, 0.4) is 0 Å². The van der Waals surface area contributed by atoms with Gasteiger partial charge in [0.1, 0.15) is 10.7 Å². The first kappa shape index (κ1) is 13.3. The summed E-state index contributed by atoms with van der Waals surface area (Å²) in [5.74, 6) is 0.813. The summed E-state index contributed by atoms with van der Waals surface area (Å²) >= 11 is 4.94. The number of methoxy groups -OCH3 is 1. The van der Waals surface area contributed by atoms with Gasteiger partial charge >= 0.3 is 0 Å². The molecule has 2 aromatic rings. The maximum atomic E-state index is 5.60. The summed E-state index contributed by atoms with van der Waals surface area (Å²) in [6.07, 6.45) is 1.69. The second-order valence-corrected chi connectivity index (χ2v) is 4.46. The van der Waals surface area contributed by atoms with Gasteiger partial charge in [-0.1, -0.05) is 18.3 Å². The molecule has 0 bridgehead atoms. The number of nitrogens with two attached hydrogens (primary N) is 1. The van der Waals surface area contributed by atoms with Gasteiger partial charge in [-0.15, -0.1) is 0 Å². The van der Waals surface area contributed by atoms with Gasteiger partial charge in [0.05, 0.1) is 12.8 Å². The van der Waals surface area contributed by atoms with Crippen LogP contribution in [0.5, 0.6) is 5.75 Å². The molecule has 1 aromatic carbocycles. The molecule has 0 aliphatic rings. The van der Waals surface area contributed by atoms with Gasteiger partial charge in [0.25, 0.3) is 0 Å². The van der Waals surface area contributed by atoms with E-state index in [1.54, 1.807) is 13.3 Å². The lowest BCUT2D eigenvalue weighted by Crippen LogP contribution is -2.14. The third-order valence-electron chi connectivity index (χ3n) is 2.82. The number of hydrogen-bond acceptors (Lipinski definition) is 4. The van der Waals surface area contributed by atoms with Crippen LogP contribution >= 0.6 is 12.2 Å². The molecule has 2 rings (SSSR count).